The van der Waals surface area contributed by atoms with Gasteiger partial charge in [-0.2, -0.15) is 0 Å². The molecule has 1 heterocycles. The van der Waals surface area contributed by atoms with Crippen LogP contribution >= 0.6 is 0 Å². The summed E-state index contributed by atoms with van der Waals surface area (Å²) in [5.74, 6) is 0. The normalized spacial score (nSPS) is 14.3. The highest BCUT2D eigenvalue weighted by Crippen LogP contribution is 2.17. The second-order valence-electron chi connectivity index (χ2n) is 5.57. The van der Waals surface area contributed by atoms with E-state index in [1.165, 1.54) is 11.1 Å². The van der Waals surface area contributed by atoms with Gasteiger partial charge in [-0.1, -0.05) is 29.8 Å². The second kappa shape index (κ2) is 6.02. The molecular weight excluding hydrogens is 236 g/mol. The first-order valence-corrected chi connectivity index (χ1v) is 6.79. The van der Waals surface area contributed by atoms with Crippen LogP contribution in [0.15, 0.2) is 43.0 Å². The van der Waals surface area contributed by atoms with Crippen LogP contribution in [0.2, 0.25) is 0 Å². The van der Waals surface area contributed by atoms with E-state index in [-0.39, 0.29) is 0 Å². The standard InChI is InChI=1S/C16H22N2O/c1-14-5-7-15(8-6-14)4-3-9-16(2,19)12-18-11-10-17-13-18/h5-8,10-11,13,19H,3-4,9,12H2,1-2H3. The highest BCUT2D eigenvalue weighted by molar-refractivity contribution is 5.21. The highest BCUT2D eigenvalue weighted by Gasteiger charge is 2.20. The first-order chi connectivity index (χ1) is 9.05. The molecule has 0 saturated heterocycles. The number of aryl methyl sites for hydroxylation is 2. The summed E-state index contributed by atoms with van der Waals surface area (Å²) < 4.78 is 1.92. The highest BCUT2D eigenvalue weighted by atomic mass is 16.3. The van der Waals surface area contributed by atoms with Crippen LogP contribution in [0.5, 0.6) is 0 Å². The Morgan fingerprint density at radius 3 is 2.63 bits per heavy atom. The number of hydrogen-bond acceptors (Lipinski definition) is 2. The summed E-state index contributed by atoms with van der Waals surface area (Å²) in [7, 11) is 0. The molecule has 1 N–H and O–H groups in total. The molecule has 0 bridgehead atoms. The Balaban J connectivity index is 1.79. The summed E-state index contributed by atoms with van der Waals surface area (Å²) in [6.07, 6.45) is 8.16. The Morgan fingerprint density at radius 1 is 1.26 bits per heavy atom. The Labute approximate surface area is 114 Å². The van der Waals surface area contributed by atoms with Crippen molar-refractivity contribution in [2.45, 2.75) is 45.3 Å². The Kier molecular flexibility index (Phi) is 4.38. The lowest BCUT2D eigenvalue weighted by Crippen LogP contribution is -2.30. The maximum atomic E-state index is 10.4. The van der Waals surface area contributed by atoms with Gasteiger partial charge in [0.2, 0.25) is 0 Å². The van der Waals surface area contributed by atoms with E-state index in [9.17, 15) is 5.11 Å². The van der Waals surface area contributed by atoms with E-state index in [0.29, 0.717) is 6.54 Å². The van der Waals surface area contributed by atoms with Gasteiger partial charge in [-0.05, 0) is 38.7 Å². The summed E-state index contributed by atoms with van der Waals surface area (Å²) in [5, 5.41) is 10.4. The van der Waals surface area contributed by atoms with Gasteiger partial charge in [-0.15, -0.1) is 0 Å². The zero-order valence-corrected chi connectivity index (χ0v) is 11.7. The summed E-state index contributed by atoms with van der Waals surface area (Å²) in [5.41, 5.74) is 1.95. The van der Waals surface area contributed by atoms with E-state index in [0.717, 1.165) is 19.3 Å². The van der Waals surface area contributed by atoms with Crippen LogP contribution < -0.4 is 0 Å². The molecule has 1 aromatic carbocycles. The molecule has 19 heavy (non-hydrogen) atoms. The fourth-order valence-corrected chi connectivity index (χ4v) is 2.28. The topological polar surface area (TPSA) is 38.0 Å². The molecule has 0 saturated carbocycles. The van der Waals surface area contributed by atoms with Crippen molar-refractivity contribution in [3.63, 3.8) is 0 Å². The van der Waals surface area contributed by atoms with Gasteiger partial charge < -0.3 is 9.67 Å². The molecule has 3 heteroatoms. The molecule has 2 aromatic rings. The van der Waals surface area contributed by atoms with Gasteiger partial charge >= 0.3 is 0 Å². The third-order valence-corrected chi connectivity index (χ3v) is 3.38. The molecule has 0 aliphatic carbocycles. The smallest absolute Gasteiger partial charge is 0.0946 e. The molecular formula is C16H22N2O. The monoisotopic (exact) mass is 258 g/mol. The van der Waals surface area contributed by atoms with Gasteiger partial charge in [-0.25, -0.2) is 4.98 Å². The SMILES string of the molecule is Cc1ccc(CCCC(C)(O)Cn2ccnc2)cc1. The molecule has 2 rings (SSSR count). The fourth-order valence-electron chi connectivity index (χ4n) is 2.28. The summed E-state index contributed by atoms with van der Waals surface area (Å²) >= 11 is 0. The van der Waals surface area contributed by atoms with Crippen molar-refractivity contribution in [2.24, 2.45) is 0 Å². The van der Waals surface area contributed by atoms with Gasteiger partial charge in [0.1, 0.15) is 0 Å². The van der Waals surface area contributed by atoms with Crippen LogP contribution in [-0.2, 0) is 13.0 Å². The zero-order valence-electron chi connectivity index (χ0n) is 11.7. The molecule has 1 aromatic heterocycles. The quantitative estimate of drug-likeness (QED) is 0.865. The van der Waals surface area contributed by atoms with Gasteiger partial charge in [-0.3, -0.25) is 0 Å². The lowest BCUT2D eigenvalue weighted by atomic mass is 9.96. The summed E-state index contributed by atoms with van der Waals surface area (Å²) in [6.45, 7) is 4.59. The molecule has 1 unspecified atom stereocenters. The molecule has 1 atom stereocenters. The third kappa shape index (κ3) is 4.52. The summed E-state index contributed by atoms with van der Waals surface area (Å²) in [4.78, 5) is 3.99. The first kappa shape index (κ1) is 13.8. The van der Waals surface area contributed by atoms with Crippen LogP contribution in [-0.4, -0.2) is 20.3 Å². The van der Waals surface area contributed by atoms with Crippen molar-refractivity contribution in [2.75, 3.05) is 0 Å². The van der Waals surface area contributed by atoms with Gasteiger partial charge in [0.05, 0.1) is 18.5 Å². The molecule has 3 nitrogen and oxygen atoms in total. The first-order valence-electron chi connectivity index (χ1n) is 6.79. The minimum Gasteiger partial charge on any atom is -0.388 e. The van der Waals surface area contributed by atoms with Gasteiger partial charge in [0.25, 0.3) is 0 Å². The predicted molar refractivity (Wildman–Crippen MR) is 77.0 cm³/mol. The van der Waals surface area contributed by atoms with Crippen molar-refractivity contribution in [1.29, 1.82) is 0 Å². The van der Waals surface area contributed by atoms with E-state index in [2.05, 4.69) is 36.2 Å². The molecule has 0 aliphatic rings. The number of aromatic nitrogens is 2. The Bertz CT molecular complexity index is 486. The number of aliphatic hydroxyl groups is 1. The Morgan fingerprint density at radius 2 is 2.00 bits per heavy atom. The Hall–Kier alpha value is -1.61. The largest absolute Gasteiger partial charge is 0.388 e. The van der Waals surface area contributed by atoms with Crippen molar-refractivity contribution in [1.82, 2.24) is 9.55 Å². The van der Waals surface area contributed by atoms with Crippen molar-refractivity contribution in [3.8, 4) is 0 Å². The minimum absolute atomic E-state index is 0.598. The average molecular weight is 258 g/mol. The number of benzene rings is 1. The number of imidazole rings is 1. The molecule has 0 fully saturated rings. The predicted octanol–water partition coefficient (Wildman–Crippen LogP) is 2.97. The van der Waals surface area contributed by atoms with Crippen LogP contribution in [0.4, 0.5) is 0 Å². The van der Waals surface area contributed by atoms with Gasteiger partial charge in [0, 0.05) is 12.4 Å². The maximum absolute atomic E-state index is 10.4. The molecule has 0 amide bonds. The van der Waals surface area contributed by atoms with E-state index in [1.54, 1.807) is 12.5 Å². The van der Waals surface area contributed by atoms with E-state index in [4.69, 9.17) is 0 Å². The summed E-state index contributed by atoms with van der Waals surface area (Å²) in [6, 6.07) is 8.61. The lowest BCUT2D eigenvalue weighted by molar-refractivity contribution is 0.0312. The number of rotatable bonds is 6. The maximum Gasteiger partial charge on any atom is 0.0946 e. The van der Waals surface area contributed by atoms with Crippen LogP contribution in [0.3, 0.4) is 0 Å². The molecule has 0 spiro atoms. The zero-order chi connectivity index (χ0) is 13.7. The van der Waals surface area contributed by atoms with E-state index < -0.39 is 5.60 Å². The average Bonchev–Trinajstić information content (AvgIpc) is 2.83. The van der Waals surface area contributed by atoms with Crippen LogP contribution in [0.25, 0.3) is 0 Å². The van der Waals surface area contributed by atoms with Crippen molar-refractivity contribution in [3.05, 3.63) is 54.1 Å². The number of hydrogen-bond donors (Lipinski definition) is 1. The molecule has 102 valence electrons. The number of nitrogens with zero attached hydrogens (tertiary/aromatic N) is 2. The second-order valence-corrected chi connectivity index (χ2v) is 5.57. The van der Waals surface area contributed by atoms with E-state index >= 15 is 0 Å². The van der Waals surface area contributed by atoms with Crippen molar-refractivity contribution >= 4 is 0 Å². The fraction of sp³-hybridized carbons (Fsp3) is 0.438. The third-order valence-electron chi connectivity index (χ3n) is 3.38. The lowest BCUT2D eigenvalue weighted by Gasteiger charge is -2.23. The minimum atomic E-state index is -0.675. The van der Waals surface area contributed by atoms with E-state index in [1.807, 2.05) is 17.7 Å². The van der Waals surface area contributed by atoms with Crippen molar-refractivity contribution < 1.29 is 5.11 Å². The molecule has 0 radical (unpaired) electrons. The molecule has 0 aliphatic heterocycles. The van der Waals surface area contributed by atoms with Gasteiger partial charge in [0.15, 0.2) is 0 Å². The van der Waals surface area contributed by atoms with Crippen LogP contribution in [0.1, 0.15) is 30.9 Å². The van der Waals surface area contributed by atoms with Crippen LogP contribution in [0, 0.1) is 6.92 Å².